The Bertz CT molecular complexity index is 473. The first kappa shape index (κ1) is 17.5. The molecule has 0 spiro atoms. The highest BCUT2D eigenvalue weighted by Gasteiger charge is 2.18. The zero-order chi connectivity index (χ0) is 15.8. The van der Waals surface area contributed by atoms with E-state index in [9.17, 15) is 0 Å². The molecule has 0 unspecified atom stereocenters. The zero-order valence-electron chi connectivity index (χ0n) is 14.0. The number of hydrogen-bond acceptors (Lipinski definition) is 3. The van der Waals surface area contributed by atoms with Gasteiger partial charge in [-0.25, -0.2) is 0 Å². The molecular formula is C18H28N2O. The summed E-state index contributed by atoms with van der Waals surface area (Å²) in [5, 5.41) is 9.10. The van der Waals surface area contributed by atoms with Crippen LogP contribution < -0.4 is 4.74 Å². The minimum atomic E-state index is 0.572. The molecule has 1 aromatic carbocycles. The maximum absolute atomic E-state index is 9.10. The molecule has 21 heavy (non-hydrogen) atoms. The molecule has 0 atom stereocenters. The van der Waals surface area contributed by atoms with E-state index in [-0.39, 0.29) is 0 Å². The minimum absolute atomic E-state index is 0.572. The van der Waals surface area contributed by atoms with Gasteiger partial charge in [0.15, 0.2) is 0 Å². The van der Waals surface area contributed by atoms with Crippen molar-refractivity contribution in [3.05, 3.63) is 29.3 Å². The molecule has 0 saturated carbocycles. The van der Waals surface area contributed by atoms with Crippen molar-refractivity contribution in [2.75, 3.05) is 13.7 Å². The fourth-order valence-corrected chi connectivity index (χ4v) is 2.81. The smallest absolute Gasteiger partial charge is 0.123 e. The summed E-state index contributed by atoms with van der Waals surface area (Å²) in [6, 6.07) is 8.45. The van der Waals surface area contributed by atoms with Crippen LogP contribution in [0.3, 0.4) is 0 Å². The average Bonchev–Trinajstić information content (AvgIpc) is 2.47. The van der Waals surface area contributed by atoms with Crippen LogP contribution in [0.2, 0.25) is 0 Å². The van der Waals surface area contributed by atoms with Crippen LogP contribution in [0.5, 0.6) is 5.75 Å². The molecule has 1 rings (SSSR count). The second-order valence-electron chi connectivity index (χ2n) is 5.93. The van der Waals surface area contributed by atoms with E-state index in [1.165, 1.54) is 0 Å². The Morgan fingerprint density at radius 1 is 1.24 bits per heavy atom. The molecule has 0 N–H and O–H groups in total. The van der Waals surface area contributed by atoms with E-state index in [2.05, 4.69) is 38.7 Å². The van der Waals surface area contributed by atoms with Crippen molar-refractivity contribution in [3.8, 4) is 11.8 Å². The van der Waals surface area contributed by atoms with Crippen LogP contribution in [0.4, 0.5) is 0 Å². The van der Waals surface area contributed by atoms with Crippen molar-refractivity contribution >= 4 is 0 Å². The molecule has 0 bridgehead atoms. The third-order valence-electron chi connectivity index (χ3n) is 3.84. The first-order valence-electron chi connectivity index (χ1n) is 7.86. The van der Waals surface area contributed by atoms with Crippen molar-refractivity contribution in [2.24, 2.45) is 5.92 Å². The van der Waals surface area contributed by atoms with Gasteiger partial charge in [-0.05, 0) is 37.0 Å². The van der Waals surface area contributed by atoms with Crippen LogP contribution in [-0.4, -0.2) is 24.6 Å². The van der Waals surface area contributed by atoms with E-state index in [0.29, 0.717) is 17.5 Å². The van der Waals surface area contributed by atoms with Gasteiger partial charge in [0, 0.05) is 24.7 Å². The fourth-order valence-electron chi connectivity index (χ4n) is 2.81. The van der Waals surface area contributed by atoms with Gasteiger partial charge < -0.3 is 4.74 Å². The standard InChI is InChI=1S/C18H28N2O/c1-6-17(7-2)20(12-14(3)4)13-16-10-15(11-19)8-9-18(16)21-5/h8-10,14,17H,6-7,12-13H2,1-5H3. The molecule has 0 radical (unpaired) electrons. The Hall–Kier alpha value is -1.53. The number of benzene rings is 1. The van der Waals surface area contributed by atoms with Gasteiger partial charge in [-0.1, -0.05) is 27.7 Å². The van der Waals surface area contributed by atoms with E-state index < -0.39 is 0 Å². The Morgan fingerprint density at radius 3 is 2.38 bits per heavy atom. The minimum Gasteiger partial charge on any atom is -0.496 e. The van der Waals surface area contributed by atoms with Gasteiger partial charge in [-0.15, -0.1) is 0 Å². The van der Waals surface area contributed by atoms with E-state index in [0.717, 1.165) is 37.2 Å². The highest BCUT2D eigenvalue weighted by atomic mass is 16.5. The SMILES string of the molecule is CCC(CC)N(Cc1cc(C#N)ccc1OC)CC(C)C. The Labute approximate surface area is 129 Å². The Kier molecular flexibility index (Phi) is 7.25. The molecule has 1 aromatic rings. The van der Waals surface area contributed by atoms with E-state index in [4.69, 9.17) is 10.00 Å². The Morgan fingerprint density at radius 2 is 1.90 bits per heavy atom. The largest absolute Gasteiger partial charge is 0.496 e. The predicted molar refractivity (Wildman–Crippen MR) is 87.3 cm³/mol. The number of rotatable bonds is 8. The quantitative estimate of drug-likeness (QED) is 0.719. The van der Waals surface area contributed by atoms with Crippen LogP contribution >= 0.6 is 0 Å². The number of methoxy groups -OCH3 is 1. The average molecular weight is 288 g/mol. The lowest BCUT2D eigenvalue weighted by Crippen LogP contribution is -2.36. The predicted octanol–water partition coefficient (Wildman–Crippen LogP) is 4.21. The number of nitriles is 1. The normalized spacial score (nSPS) is 11.2. The van der Waals surface area contributed by atoms with Crippen LogP contribution in [-0.2, 0) is 6.54 Å². The molecule has 0 fully saturated rings. The fraction of sp³-hybridized carbons (Fsp3) is 0.611. The summed E-state index contributed by atoms with van der Waals surface area (Å²) in [6.07, 6.45) is 2.28. The lowest BCUT2D eigenvalue weighted by Gasteiger charge is -2.32. The molecule has 0 aliphatic rings. The van der Waals surface area contributed by atoms with E-state index in [1.807, 2.05) is 18.2 Å². The van der Waals surface area contributed by atoms with Crippen molar-refractivity contribution in [1.29, 1.82) is 5.26 Å². The number of ether oxygens (including phenoxy) is 1. The van der Waals surface area contributed by atoms with Gasteiger partial charge in [-0.2, -0.15) is 5.26 Å². The van der Waals surface area contributed by atoms with Gasteiger partial charge in [-0.3, -0.25) is 4.90 Å². The van der Waals surface area contributed by atoms with Gasteiger partial charge in [0.1, 0.15) is 5.75 Å². The van der Waals surface area contributed by atoms with E-state index in [1.54, 1.807) is 7.11 Å². The molecule has 0 aliphatic carbocycles. The summed E-state index contributed by atoms with van der Waals surface area (Å²) in [7, 11) is 1.69. The van der Waals surface area contributed by atoms with Crippen LogP contribution in [0.15, 0.2) is 18.2 Å². The van der Waals surface area contributed by atoms with Crippen molar-refractivity contribution in [2.45, 2.75) is 53.1 Å². The first-order valence-corrected chi connectivity index (χ1v) is 7.86. The topological polar surface area (TPSA) is 36.3 Å². The Balaban J connectivity index is 3.04. The summed E-state index contributed by atoms with van der Waals surface area (Å²) in [6.45, 7) is 10.9. The van der Waals surface area contributed by atoms with Crippen LogP contribution in [0, 0.1) is 17.2 Å². The van der Waals surface area contributed by atoms with Gasteiger partial charge in [0.2, 0.25) is 0 Å². The molecule has 0 amide bonds. The monoisotopic (exact) mass is 288 g/mol. The molecule has 3 nitrogen and oxygen atoms in total. The summed E-state index contributed by atoms with van der Waals surface area (Å²) in [5.74, 6) is 1.49. The maximum Gasteiger partial charge on any atom is 0.123 e. The van der Waals surface area contributed by atoms with Gasteiger partial charge in [0.05, 0.1) is 18.7 Å². The molecule has 0 aromatic heterocycles. The molecule has 0 saturated heterocycles. The van der Waals surface area contributed by atoms with Gasteiger partial charge >= 0.3 is 0 Å². The highest BCUT2D eigenvalue weighted by molar-refractivity contribution is 5.42. The lowest BCUT2D eigenvalue weighted by atomic mass is 10.0. The molecule has 3 heteroatoms. The third-order valence-corrected chi connectivity index (χ3v) is 3.84. The van der Waals surface area contributed by atoms with Crippen molar-refractivity contribution < 1.29 is 4.74 Å². The molecule has 0 heterocycles. The van der Waals surface area contributed by atoms with Gasteiger partial charge in [0.25, 0.3) is 0 Å². The molecular weight excluding hydrogens is 260 g/mol. The number of nitrogens with zero attached hydrogens (tertiary/aromatic N) is 2. The number of hydrogen-bond donors (Lipinski definition) is 0. The molecule has 0 aliphatic heterocycles. The summed E-state index contributed by atoms with van der Waals surface area (Å²) >= 11 is 0. The maximum atomic E-state index is 9.10. The highest BCUT2D eigenvalue weighted by Crippen LogP contribution is 2.24. The van der Waals surface area contributed by atoms with Crippen molar-refractivity contribution in [3.63, 3.8) is 0 Å². The van der Waals surface area contributed by atoms with E-state index >= 15 is 0 Å². The van der Waals surface area contributed by atoms with Crippen molar-refractivity contribution in [1.82, 2.24) is 4.90 Å². The zero-order valence-corrected chi connectivity index (χ0v) is 14.0. The van der Waals surface area contributed by atoms with Crippen LogP contribution in [0.25, 0.3) is 0 Å². The third kappa shape index (κ3) is 5.06. The second-order valence-corrected chi connectivity index (χ2v) is 5.93. The lowest BCUT2D eigenvalue weighted by molar-refractivity contribution is 0.156. The summed E-state index contributed by atoms with van der Waals surface area (Å²) in [5.41, 5.74) is 1.80. The summed E-state index contributed by atoms with van der Waals surface area (Å²) in [4.78, 5) is 2.52. The van der Waals surface area contributed by atoms with Crippen LogP contribution in [0.1, 0.15) is 51.7 Å². The first-order chi connectivity index (χ1) is 10.0. The summed E-state index contributed by atoms with van der Waals surface area (Å²) < 4.78 is 5.46. The second kappa shape index (κ2) is 8.69. The molecule has 116 valence electrons.